The summed E-state index contributed by atoms with van der Waals surface area (Å²) in [5, 5.41) is 13.3. The summed E-state index contributed by atoms with van der Waals surface area (Å²) in [6.45, 7) is 0. The first-order valence-corrected chi connectivity index (χ1v) is 8.10. The molecule has 2 heterocycles. The van der Waals surface area contributed by atoms with E-state index in [0.717, 1.165) is 32.1 Å². The number of rotatable bonds is 9. The first-order chi connectivity index (χ1) is 11.8. The molecule has 0 saturated heterocycles. The predicted octanol–water partition coefficient (Wildman–Crippen LogP) is 3.23. The fourth-order valence-electron chi connectivity index (χ4n) is 2.49. The number of aromatic amines is 1. The van der Waals surface area contributed by atoms with Gasteiger partial charge in [-0.2, -0.15) is 5.21 Å². The molecule has 1 aromatic carbocycles. The minimum atomic E-state index is -0.0900. The van der Waals surface area contributed by atoms with Crippen molar-refractivity contribution in [1.82, 2.24) is 25.6 Å². The second-order valence-corrected chi connectivity index (χ2v) is 5.59. The van der Waals surface area contributed by atoms with Crippen molar-refractivity contribution in [2.45, 2.75) is 38.5 Å². The summed E-state index contributed by atoms with van der Waals surface area (Å²) < 4.78 is 5.38. The molecular weight excluding hydrogens is 306 g/mol. The summed E-state index contributed by atoms with van der Waals surface area (Å²) >= 11 is 0. The van der Waals surface area contributed by atoms with Crippen LogP contribution < -0.4 is 0 Å². The van der Waals surface area contributed by atoms with Gasteiger partial charge in [0.05, 0.1) is 6.20 Å². The van der Waals surface area contributed by atoms with Gasteiger partial charge in [-0.05, 0) is 30.0 Å². The van der Waals surface area contributed by atoms with E-state index in [-0.39, 0.29) is 11.7 Å². The lowest BCUT2D eigenvalue weighted by Gasteiger charge is -2.01. The molecule has 0 aliphatic heterocycles. The molecule has 124 valence electrons. The number of nitrogens with one attached hydrogen (secondary N) is 1. The summed E-state index contributed by atoms with van der Waals surface area (Å²) in [6.07, 6.45) is 7.09. The normalized spacial score (nSPS) is 10.8. The third kappa shape index (κ3) is 4.34. The van der Waals surface area contributed by atoms with Gasteiger partial charge in [0.2, 0.25) is 11.6 Å². The number of aryl methyl sites for hydroxylation is 1. The van der Waals surface area contributed by atoms with E-state index < -0.39 is 0 Å². The van der Waals surface area contributed by atoms with Crippen molar-refractivity contribution < 1.29 is 9.21 Å². The molecule has 3 aromatic rings. The van der Waals surface area contributed by atoms with Gasteiger partial charge in [0.1, 0.15) is 0 Å². The topological polar surface area (TPSA) is 97.6 Å². The van der Waals surface area contributed by atoms with Crippen molar-refractivity contribution in [1.29, 1.82) is 0 Å². The molecule has 2 aromatic heterocycles. The summed E-state index contributed by atoms with van der Waals surface area (Å²) in [6, 6.07) is 10.4. The van der Waals surface area contributed by atoms with Crippen LogP contribution in [0.2, 0.25) is 0 Å². The minimum Gasteiger partial charge on any atom is -0.430 e. The van der Waals surface area contributed by atoms with Gasteiger partial charge in [-0.1, -0.05) is 43.2 Å². The highest BCUT2D eigenvalue weighted by Gasteiger charge is 2.15. The highest BCUT2D eigenvalue weighted by molar-refractivity contribution is 5.91. The fourth-order valence-corrected chi connectivity index (χ4v) is 2.49. The number of carbonyl (C=O) groups excluding carboxylic acids is 1. The molecule has 0 amide bonds. The average molecular weight is 325 g/mol. The standard InChI is InChI=1S/C17H19N5O2/c23-14(17-18-12-15(24-17)16-19-21-22-20-16)11-7-2-1-4-8-13-9-5-3-6-10-13/h3,5-6,9-10,12H,1-2,4,7-8,11H2,(H,19,20,21,22). The van der Waals surface area contributed by atoms with Gasteiger partial charge in [0, 0.05) is 6.42 Å². The Balaban J connectivity index is 1.35. The number of Topliss-reactive ketones (excluding diaryl/α,β-unsaturated/α-hetero) is 1. The molecule has 24 heavy (non-hydrogen) atoms. The zero-order chi connectivity index (χ0) is 16.6. The Hall–Kier alpha value is -2.83. The number of oxazole rings is 1. The summed E-state index contributed by atoms with van der Waals surface area (Å²) in [4.78, 5) is 16.1. The van der Waals surface area contributed by atoms with Crippen LogP contribution >= 0.6 is 0 Å². The second-order valence-electron chi connectivity index (χ2n) is 5.59. The van der Waals surface area contributed by atoms with Gasteiger partial charge in [-0.25, -0.2) is 4.98 Å². The highest BCUT2D eigenvalue weighted by Crippen LogP contribution is 2.16. The molecule has 0 aliphatic rings. The molecular formula is C17H19N5O2. The average Bonchev–Trinajstić information content (AvgIpc) is 3.29. The molecule has 1 N–H and O–H groups in total. The van der Waals surface area contributed by atoms with Crippen molar-refractivity contribution in [3.8, 4) is 11.6 Å². The summed E-state index contributed by atoms with van der Waals surface area (Å²) in [5.41, 5.74) is 1.36. The van der Waals surface area contributed by atoms with Crippen LogP contribution in [0.1, 0.15) is 48.4 Å². The predicted molar refractivity (Wildman–Crippen MR) is 87.2 cm³/mol. The van der Waals surface area contributed by atoms with Crippen molar-refractivity contribution in [2.24, 2.45) is 0 Å². The van der Waals surface area contributed by atoms with E-state index in [1.165, 1.54) is 11.8 Å². The van der Waals surface area contributed by atoms with E-state index in [1.807, 2.05) is 6.07 Å². The Morgan fingerprint density at radius 2 is 1.92 bits per heavy atom. The molecule has 7 nitrogen and oxygen atoms in total. The third-order valence-corrected chi connectivity index (χ3v) is 3.77. The van der Waals surface area contributed by atoms with Gasteiger partial charge >= 0.3 is 0 Å². The van der Waals surface area contributed by atoms with Crippen LogP contribution in [0.25, 0.3) is 11.6 Å². The number of aromatic nitrogens is 5. The highest BCUT2D eigenvalue weighted by atomic mass is 16.4. The van der Waals surface area contributed by atoms with Gasteiger partial charge in [-0.3, -0.25) is 4.79 Å². The zero-order valence-electron chi connectivity index (χ0n) is 13.3. The van der Waals surface area contributed by atoms with E-state index >= 15 is 0 Å². The lowest BCUT2D eigenvalue weighted by molar-refractivity contribution is 0.0946. The number of hydrogen-bond acceptors (Lipinski definition) is 6. The van der Waals surface area contributed by atoms with Gasteiger partial charge in [-0.15, -0.1) is 10.2 Å². The first-order valence-electron chi connectivity index (χ1n) is 8.10. The maximum atomic E-state index is 12.1. The minimum absolute atomic E-state index is 0.0900. The Morgan fingerprint density at radius 1 is 1.08 bits per heavy atom. The number of carbonyl (C=O) groups is 1. The van der Waals surface area contributed by atoms with Crippen molar-refractivity contribution in [3.05, 3.63) is 48.0 Å². The van der Waals surface area contributed by atoms with Gasteiger partial charge in [0.15, 0.2) is 5.76 Å². The van der Waals surface area contributed by atoms with Gasteiger partial charge < -0.3 is 4.42 Å². The lowest BCUT2D eigenvalue weighted by atomic mass is 10.0. The van der Waals surface area contributed by atoms with Crippen molar-refractivity contribution in [3.63, 3.8) is 0 Å². The zero-order valence-corrected chi connectivity index (χ0v) is 13.3. The Morgan fingerprint density at radius 3 is 2.71 bits per heavy atom. The number of tetrazole rings is 1. The number of unbranched alkanes of at least 4 members (excludes halogenated alkanes) is 3. The van der Waals surface area contributed by atoms with E-state index in [2.05, 4.69) is 49.9 Å². The van der Waals surface area contributed by atoms with Crippen LogP contribution in [-0.4, -0.2) is 31.4 Å². The van der Waals surface area contributed by atoms with Crippen LogP contribution in [0, 0.1) is 0 Å². The van der Waals surface area contributed by atoms with Crippen LogP contribution in [0.5, 0.6) is 0 Å². The second kappa shape index (κ2) is 8.14. The molecule has 3 rings (SSSR count). The largest absolute Gasteiger partial charge is 0.430 e. The maximum Gasteiger partial charge on any atom is 0.263 e. The van der Waals surface area contributed by atoms with Crippen LogP contribution in [-0.2, 0) is 6.42 Å². The van der Waals surface area contributed by atoms with E-state index in [4.69, 9.17) is 4.42 Å². The number of ketones is 1. The smallest absolute Gasteiger partial charge is 0.263 e. The van der Waals surface area contributed by atoms with Crippen LogP contribution in [0.3, 0.4) is 0 Å². The van der Waals surface area contributed by atoms with E-state index in [1.54, 1.807) is 0 Å². The Labute approximate surface area is 139 Å². The molecule has 0 unspecified atom stereocenters. The molecule has 0 spiro atoms. The Kier molecular flexibility index (Phi) is 5.44. The summed E-state index contributed by atoms with van der Waals surface area (Å²) in [7, 11) is 0. The van der Waals surface area contributed by atoms with Gasteiger partial charge in [0.25, 0.3) is 5.89 Å². The van der Waals surface area contributed by atoms with Crippen LogP contribution in [0.4, 0.5) is 0 Å². The Bertz CT molecular complexity index is 752. The fraction of sp³-hybridized carbons (Fsp3) is 0.353. The number of H-pyrrole nitrogens is 1. The monoisotopic (exact) mass is 325 g/mol. The molecule has 7 heteroatoms. The first kappa shape index (κ1) is 16.0. The number of hydrogen-bond donors (Lipinski definition) is 1. The molecule has 0 bridgehead atoms. The van der Waals surface area contributed by atoms with E-state index in [9.17, 15) is 4.79 Å². The molecule has 0 aliphatic carbocycles. The van der Waals surface area contributed by atoms with Crippen molar-refractivity contribution in [2.75, 3.05) is 0 Å². The number of nitrogens with zero attached hydrogens (tertiary/aromatic N) is 4. The van der Waals surface area contributed by atoms with Crippen LogP contribution in [0.15, 0.2) is 40.9 Å². The molecule has 0 fully saturated rings. The quantitative estimate of drug-likeness (QED) is 0.479. The molecule has 0 atom stereocenters. The maximum absolute atomic E-state index is 12.1. The van der Waals surface area contributed by atoms with E-state index in [0.29, 0.717) is 18.0 Å². The SMILES string of the molecule is O=C(CCCCCCc1ccccc1)c1ncc(-c2nn[nH]n2)o1. The lowest BCUT2D eigenvalue weighted by Crippen LogP contribution is -1.99. The summed E-state index contributed by atoms with van der Waals surface area (Å²) in [5.74, 6) is 0.657. The molecule has 0 saturated carbocycles. The molecule has 0 radical (unpaired) electrons. The third-order valence-electron chi connectivity index (χ3n) is 3.77. The number of benzene rings is 1. The van der Waals surface area contributed by atoms with Crippen molar-refractivity contribution >= 4 is 5.78 Å².